The molecule has 8 nitrogen and oxygen atoms in total. The Morgan fingerprint density at radius 3 is 2.25 bits per heavy atom. The van der Waals surface area contributed by atoms with Crippen LogP contribution >= 0.6 is 46.8 Å². The van der Waals surface area contributed by atoms with Gasteiger partial charge in [0.05, 0.1) is 10.6 Å². The summed E-state index contributed by atoms with van der Waals surface area (Å²) in [6.45, 7) is 0. The van der Waals surface area contributed by atoms with Gasteiger partial charge in [0.2, 0.25) is 0 Å². The topological polar surface area (TPSA) is 111 Å². The number of non-ortho nitro benzene ring substituents is 1. The summed E-state index contributed by atoms with van der Waals surface area (Å²) in [6.07, 6.45) is 1.02. The zero-order valence-electron chi connectivity index (χ0n) is 11.4. The monoisotopic (exact) mass is 406 g/mol. The highest BCUT2D eigenvalue weighted by atomic mass is 35.6. The highest BCUT2D eigenvalue weighted by molar-refractivity contribution is 8.03. The van der Waals surface area contributed by atoms with E-state index in [-0.39, 0.29) is 16.9 Å². The molecule has 0 aliphatic heterocycles. The molecule has 0 atom stereocenters. The van der Waals surface area contributed by atoms with Crippen LogP contribution in [0.15, 0.2) is 40.1 Å². The lowest BCUT2D eigenvalue weighted by Gasteiger charge is -2.13. The van der Waals surface area contributed by atoms with Gasteiger partial charge in [-0.1, -0.05) is 34.8 Å². The number of nitro groups is 1. The third-order valence-electron chi connectivity index (χ3n) is 2.71. The molecule has 0 fully saturated rings. The van der Waals surface area contributed by atoms with E-state index in [1.165, 1.54) is 24.3 Å². The molecule has 0 amide bonds. The van der Waals surface area contributed by atoms with Gasteiger partial charge in [-0.15, -0.1) is 0 Å². The molecule has 0 saturated carbocycles. The Labute approximate surface area is 153 Å². The van der Waals surface area contributed by atoms with Crippen LogP contribution in [0.5, 0.6) is 0 Å². The second-order valence-electron chi connectivity index (χ2n) is 4.22. The fraction of sp³-hybridized carbons (Fsp3) is 0.0833. The molecular formula is C12H5Cl3N4O4S. The maximum absolute atomic E-state index is 12.4. The molecular weight excluding hydrogens is 403 g/mol. The van der Waals surface area contributed by atoms with Gasteiger partial charge < -0.3 is 0 Å². The molecule has 2 aromatic rings. The van der Waals surface area contributed by atoms with E-state index in [1.807, 2.05) is 0 Å². The lowest BCUT2D eigenvalue weighted by Crippen LogP contribution is -2.38. The average Bonchev–Trinajstić information content (AvgIpc) is 2.51. The van der Waals surface area contributed by atoms with Crippen molar-refractivity contribution in [3.05, 3.63) is 67.0 Å². The van der Waals surface area contributed by atoms with Crippen LogP contribution in [0, 0.1) is 21.4 Å². The zero-order chi connectivity index (χ0) is 18.1. The molecule has 0 spiro atoms. The third-order valence-corrected chi connectivity index (χ3v) is 4.04. The first-order valence-electron chi connectivity index (χ1n) is 5.94. The van der Waals surface area contributed by atoms with Gasteiger partial charge in [0, 0.05) is 30.3 Å². The number of aromatic nitrogens is 2. The van der Waals surface area contributed by atoms with Gasteiger partial charge in [-0.25, -0.2) is 4.79 Å². The van der Waals surface area contributed by atoms with Crippen molar-refractivity contribution in [3.8, 4) is 11.8 Å². The number of nitriles is 1. The van der Waals surface area contributed by atoms with Gasteiger partial charge in [-0.2, -0.15) is 9.23 Å². The molecule has 1 heterocycles. The van der Waals surface area contributed by atoms with Crippen LogP contribution < -0.4 is 11.2 Å². The summed E-state index contributed by atoms with van der Waals surface area (Å²) in [4.78, 5) is 34.6. The van der Waals surface area contributed by atoms with E-state index < -0.39 is 19.3 Å². The molecule has 124 valence electrons. The Balaban J connectivity index is 2.69. The molecule has 0 bridgehead atoms. The van der Waals surface area contributed by atoms with Gasteiger partial charge >= 0.3 is 5.69 Å². The molecule has 2 rings (SSSR count). The highest BCUT2D eigenvalue weighted by Crippen LogP contribution is 2.38. The van der Waals surface area contributed by atoms with Crippen molar-refractivity contribution in [1.29, 1.82) is 5.26 Å². The minimum Gasteiger partial charge on any atom is -0.267 e. The number of nitro benzene ring substituents is 1. The van der Waals surface area contributed by atoms with Crippen molar-refractivity contribution in [2.75, 3.05) is 0 Å². The predicted molar refractivity (Wildman–Crippen MR) is 90.9 cm³/mol. The lowest BCUT2D eigenvalue weighted by atomic mass is 10.2. The second-order valence-corrected chi connectivity index (χ2v) is 8.33. The van der Waals surface area contributed by atoms with Crippen LogP contribution in [0.25, 0.3) is 5.69 Å². The van der Waals surface area contributed by atoms with Crippen molar-refractivity contribution >= 4 is 52.4 Å². The van der Waals surface area contributed by atoms with Gasteiger partial charge in [0.1, 0.15) is 11.6 Å². The first-order chi connectivity index (χ1) is 11.1. The average molecular weight is 408 g/mol. The molecule has 12 heteroatoms. The van der Waals surface area contributed by atoms with Crippen molar-refractivity contribution in [1.82, 2.24) is 8.54 Å². The molecule has 24 heavy (non-hydrogen) atoms. The Kier molecular flexibility index (Phi) is 5.25. The molecule has 0 aliphatic carbocycles. The fourth-order valence-corrected chi connectivity index (χ4v) is 2.89. The second kappa shape index (κ2) is 6.86. The van der Waals surface area contributed by atoms with E-state index in [2.05, 4.69) is 0 Å². The maximum Gasteiger partial charge on any atom is 0.346 e. The smallest absolute Gasteiger partial charge is 0.267 e. The zero-order valence-corrected chi connectivity index (χ0v) is 14.4. The highest BCUT2D eigenvalue weighted by Gasteiger charge is 2.26. The van der Waals surface area contributed by atoms with Gasteiger partial charge in [-0.05, 0) is 12.1 Å². The Morgan fingerprint density at radius 2 is 1.79 bits per heavy atom. The van der Waals surface area contributed by atoms with Crippen molar-refractivity contribution in [2.45, 2.75) is 3.12 Å². The van der Waals surface area contributed by atoms with Crippen LogP contribution in [-0.4, -0.2) is 16.6 Å². The fourth-order valence-electron chi connectivity index (χ4n) is 1.71. The normalized spacial score (nSPS) is 11.1. The van der Waals surface area contributed by atoms with Crippen molar-refractivity contribution < 1.29 is 4.92 Å². The van der Waals surface area contributed by atoms with Crippen molar-refractivity contribution in [3.63, 3.8) is 0 Å². The number of hydrogen-bond acceptors (Lipinski definition) is 6. The van der Waals surface area contributed by atoms with Crippen LogP contribution in [0.4, 0.5) is 5.69 Å². The Morgan fingerprint density at radius 1 is 1.21 bits per heavy atom. The molecule has 0 N–H and O–H groups in total. The van der Waals surface area contributed by atoms with E-state index in [4.69, 9.17) is 40.1 Å². The maximum atomic E-state index is 12.4. The molecule has 0 saturated heterocycles. The Hall–Kier alpha value is -1.99. The third kappa shape index (κ3) is 3.91. The lowest BCUT2D eigenvalue weighted by molar-refractivity contribution is -0.384. The standard InChI is InChI=1S/C12H5Cl3N4O4S/c13-12(14,15)24-18-10(20)7(5-16)6-17(11(18)21)8-1-3-9(4-2-8)19(22)23/h1-4,6H. The summed E-state index contributed by atoms with van der Waals surface area (Å²) in [6, 6.07) is 6.56. The summed E-state index contributed by atoms with van der Waals surface area (Å²) in [5, 5.41) is 19.7. The predicted octanol–water partition coefficient (Wildman–Crippen LogP) is 2.60. The first kappa shape index (κ1) is 18.4. The molecule has 0 aliphatic rings. The molecule has 0 unspecified atom stereocenters. The van der Waals surface area contributed by atoms with Crippen molar-refractivity contribution in [2.24, 2.45) is 0 Å². The van der Waals surface area contributed by atoms with E-state index in [0.717, 1.165) is 10.8 Å². The van der Waals surface area contributed by atoms with Gasteiger partial charge in [0.25, 0.3) is 14.4 Å². The largest absolute Gasteiger partial charge is 0.346 e. The number of halogens is 3. The Bertz CT molecular complexity index is 957. The number of alkyl halides is 3. The van der Waals surface area contributed by atoms with Crippen LogP contribution in [0.2, 0.25) is 0 Å². The van der Waals surface area contributed by atoms with Crippen LogP contribution in [-0.2, 0) is 0 Å². The minimum absolute atomic E-state index is 0.184. The minimum atomic E-state index is -2.01. The van der Waals surface area contributed by atoms with Crippen LogP contribution in [0.1, 0.15) is 5.56 Å². The SMILES string of the molecule is N#Cc1cn(-c2ccc([N+](=O)[O-])cc2)c(=O)n(SC(Cl)(Cl)Cl)c1=O. The number of hydrogen-bond donors (Lipinski definition) is 0. The molecule has 1 aromatic carbocycles. The van der Waals surface area contributed by atoms with Gasteiger partial charge in [0.15, 0.2) is 0 Å². The number of rotatable bonds is 3. The summed E-state index contributed by atoms with van der Waals surface area (Å²) < 4.78 is -0.523. The number of benzene rings is 1. The van der Waals surface area contributed by atoms with Gasteiger partial charge in [-0.3, -0.25) is 19.5 Å². The number of nitrogens with zero attached hydrogens (tertiary/aromatic N) is 4. The molecule has 0 radical (unpaired) electrons. The van der Waals surface area contributed by atoms with Crippen LogP contribution in [0.3, 0.4) is 0 Å². The molecule has 1 aromatic heterocycles. The summed E-state index contributed by atoms with van der Waals surface area (Å²) in [5.74, 6) is 0. The van der Waals surface area contributed by atoms with E-state index in [0.29, 0.717) is 15.9 Å². The van der Waals surface area contributed by atoms with E-state index >= 15 is 0 Å². The summed E-state index contributed by atoms with van der Waals surface area (Å²) in [7, 11) is 0. The summed E-state index contributed by atoms with van der Waals surface area (Å²) in [5.41, 5.74) is -2.17. The summed E-state index contributed by atoms with van der Waals surface area (Å²) >= 11 is 17.1. The van der Waals surface area contributed by atoms with E-state index in [9.17, 15) is 19.7 Å². The first-order valence-corrected chi connectivity index (χ1v) is 7.84. The quantitative estimate of drug-likeness (QED) is 0.439. The van der Waals surface area contributed by atoms with E-state index in [1.54, 1.807) is 6.07 Å².